The van der Waals surface area contributed by atoms with Crippen LogP contribution >= 0.6 is 0 Å². The van der Waals surface area contributed by atoms with Crippen molar-refractivity contribution in [2.45, 2.75) is 13.8 Å². The van der Waals surface area contributed by atoms with E-state index < -0.39 is 11.8 Å². The Balaban J connectivity index is 4.34. The quantitative estimate of drug-likeness (QED) is 0.575. The zero-order chi connectivity index (χ0) is 13.3. The monoisotopic (exact) mass is 245 g/mol. The number of amides is 2. The van der Waals surface area contributed by atoms with Gasteiger partial charge < -0.3 is 20.7 Å². The minimum atomic E-state index is -0.604. The average Bonchev–Trinajstić information content (AvgIpc) is 2.29. The number of nitrogens with one attached hydrogen (secondary N) is 1. The summed E-state index contributed by atoms with van der Waals surface area (Å²) in [5.41, 5.74) is 5.25. The van der Waals surface area contributed by atoms with Gasteiger partial charge in [-0.2, -0.15) is 0 Å². The summed E-state index contributed by atoms with van der Waals surface area (Å²) in [6.07, 6.45) is 0. The number of hydrogen-bond acceptors (Lipinski definition) is 4. The van der Waals surface area contributed by atoms with Crippen LogP contribution in [0.1, 0.15) is 13.8 Å². The molecule has 0 saturated heterocycles. The van der Waals surface area contributed by atoms with Crippen molar-refractivity contribution in [3.8, 4) is 0 Å². The van der Waals surface area contributed by atoms with Gasteiger partial charge in [0.05, 0.1) is 6.61 Å². The minimum Gasteiger partial charge on any atom is -0.383 e. The van der Waals surface area contributed by atoms with Crippen LogP contribution in [0.25, 0.3) is 0 Å². The molecule has 0 heterocycles. The molecule has 6 nitrogen and oxygen atoms in total. The number of methoxy groups -OCH3 is 1. The Morgan fingerprint density at radius 2 is 2.06 bits per heavy atom. The van der Waals surface area contributed by atoms with Gasteiger partial charge in [0.15, 0.2) is 0 Å². The number of rotatable bonds is 7. The molecule has 0 rings (SSSR count). The van der Waals surface area contributed by atoms with E-state index in [0.717, 1.165) is 0 Å². The Kier molecular flexibility index (Phi) is 8.35. The van der Waals surface area contributed by atoms with Crippen LogP contribution < -0.4 is 11.1 Å². The topological polar surface area (TPSA) is 84.7 Å². The van der Waals surface area contributed by atoms with Crippen LogP contribution in [0.15, 0.2) is 0 Å². The molecule has 0 aliphatic heterocycles. The lowest BCUT2D eigenvalue weighted by Crippen LogP contribution is -2.46. The van der Waals surface area contributed by atoms with E-state index >= 15 is 0 Å². The molecular weight excluding hydrogens is 222 g/mol. The highest BCUT2D eigenvalue weighted by Crippen LogP contribution is 1.99. The highest BCUT2D eigenvalue weighted by molar-refractivity contribution is 6.35. The Morgan fingerprint density at radius 1 is 1.41 bits per heavy atom. The van der Waals surface area contributed by atoms with Crippen LogP contribution in [0.2, 0.25) is 0 Å². The second-order valence-corrected chi connectivity index (χ2v) is 4.18. The SMILES string of the molecule is COCCN(CC(C)C)C(=O)C(=O)NCCN. The first kappa shape index (κ1) is 15.9. The molecule has 0 aromatic rings. The van der Waals surface area contributed by atoms with E-state index in [9.17, 15) is 9.59 Å². The van der Waals surface area contributed by atoms with Crippen molar-refractivity contribution < 1.29 is 14.3 Å². The van der Waals surface area contributed by atoms with Gasteiger partial charge in [-0.15, -0.1) is 0 Å². The summed E-state index contributed by atoms with van der Waals surface area (Å²) in [5, 5.41) is 2.47. The highest BCUT2D eigenvalue weighted by Gasteiger charge is 2.21. The first-order valence-electron chi connectivity index (χ1n) is 5.79. The van der Waals surface area contributed by atoms with Gasteiger partial charge in [0.2, 0.25) is 0 Å². The van der Waals surface area contributed by atoms with Crippen LogP contribution in [-0.4, -0.2) is 56.6 Å². The summed E-state index contributed by atoms with van der Waals surface area (Å²) in [7, 11) is 1.56. The molecule has 6 heteroatoms. The van der Waals surface area contributed by atoms with E-state index in [1.54, 1.807) is 7.11 Å². The highest BCUT2D eigenvalue weighted by atomic mass is 16.5. The van der Waals surface area contributed by atoms with Gasteiger partial charge in [-0.05, 0) is 5.92 Å². The van der Waals surface area contributed by atoms with Gasteiger partial charge in [-0.25, -0.2) is 0 Å². The first-order valence-corrected chi connectivity index (χ1v) is 5.79. The largest absolute Gasteiger partial charge is 0.383 e. The number of carbonyl (C=O) groups is 2. The van der Waals surface area contributed by atoms with Gasteiger partial charge in [0.1, 0.15) is 0 Å². The average molecular weight is 245 g/mol. The van der Waals surface area contributed by atoms with E-state index in [4.69, 9.17) is 10.5 Å². The van der Waals surface area contributed by atoms with Crippen LogP contribution in [0.5, 0.6) is 0 Å². The summed E-state index contributed by atoms with van der Waals surface area (Å²) >= 11 is 0. The molecule has 2 amide bonds. The third-order valence-electron chi connectivity index (χ3n) is 2.06. The molecule has 0 unspecified atom stereocenters. The molecule has 0 radical (unpaired) electrons. The summed E-state index contributed by atoms with van der Waals surface area (Å²) in [5.74, 6) is -0.825. The Hall–Kier alpha value is -1.14. The van der Waals surface area contributed by atoms with Crippen molar-refractivity contribution in [3.63, 3.8) is 0 Å². The molecule has 0 fully saturated rings. The molecule has 0 bridgehead atoms. The van der Waals surface area contributed by atoms with Crippen molar-refractivity contribution in [2.75, 3.05) is 39.9 Å². The number of nitrogens with zero attached hydrogens (tertiary/aromatic N) is 1. The van der Waals surface area contributed by atoms with Crippen LogP contribution in [0, 0.1) is 5.92 Å². The van der Waals surface area contributed by atoms with E-state index in [0.29, 0.717) is 38.7 Å². The van der Waals surface area contributed by atoms with Crippen molar-refractivity contribution in [1.29, 1.82) is 0 Å². The van der Waals surface area contributed by atoms with E-state index in [2.05, 4.69) is 5.32 Å². The van der Waals surface area contributed by atoms with Gasteiger partial charge in [0.25, 0.3) is 0 Å². The molecule has 3 N–H and O–H groups in total. The fraction of sp³-hybridized carbons (Fsp3) is 0.818. The molecular formula is C11H23N3O3. The molecule has 0 aromatic carbocycles. The zero-order valence-electron chi connectivity index (χ0n) is 10.9. The summed E-state index contributed by atoms with van der Waals surface area (Å²) < 4.78 is 4.92. The number of nitrogens with two attached hydrogens (primary N) is 1. The number of ether oxygens (including phenoxy) is 1. The van der Waals surface area contributed by atoms with Crippen molar-refractivity contribution in [2.24, 2.45) is 11.7 Å². The van der Waals surface area contributed by atoms with Gasteiger partial charge in [-0.3, -0.25) is 9.59 Å². The summed E-state index contributed by atoms with van der Waals surface area (Å²) in [4.78, 5) is 24.8. The van der Waals surface area contributed by atoms with Crippen LogP contribution in [0.3, 0.4) is 0 Å². The van der Waals surface area contributed by atoms with Gasteiger partial charge >= 0.3 is 11.8 Å². The van der Waals surface area contributed by atoms with Crippen LogP contribution in [0.4, 0.5) is 0 Å². The van der Waals surface area contributed by atoms with Crippen LogP contribution in [-0.2, 0) is 14.3 Å². The van der Waals surface area contributed by atoms with E-state index in [1.165, 1.54) is 4.90 Å². The maximum atomic E-state index is 11.8. The summed E-state index contributed by atoms with van der Waals surface area (Å²) in [6.45, 7) is 5.99. The second-order valence-electron chi connectivity index (χ2n) is 4.18. The standard InChI is InChI=1S/C11H23N3O3/c1-9(2)8-14(6-7-17-3)11(16)10(15)13-5-4-12/h9H,4-8,12H2,1-3H3,(H,13,15). The van der Waals surface area contributed by atoms with E-state index in [-0.39, 0.29) is 0 Å². The molecule has 100 valence electrons. The minimum absolute atomic E-state index is 0.304. The fourth-order valence-electron chi connectivity index (χ4n) is 1.32. The second kappa shape index (κ2) is 8.95. The maximum Gasteiger partial charge on any atom is 0.311 e. The Bertz CT molecular complexity index is 244. The number of hydrogen-bond donors (Lipinski definition) is 2. The smallest absolute Gasteiger partial charge is 0.311 e. The lowest BCUT2D eigenvalue weighted by Gasteiger charge is -2.23. The summed E-state index contributed by atoms with van der Waals surface area (Å²) in [6, 6.07) is 0. The normalized spacial score (nSPS) is 10.4. The third-order valence-corrected chi connectivity index (χ3v) is 2.06. The van der Waals surface area contributed by atoms with Gasteiger partial charge in [0, 0.05) is 33.3 Å². The first-order chi connectivity index (χ1) is 8.02. The Morgan fingerprint density at radius 3 is 2.53 bits per heavy atom. The zero-order valence-corrected chi connectivity index (χ0v) is 10.9. The van der Waals surface area contributed by atoms with Crippen molar-refractivity contribution in [1.82, 2.24) is 10.2 Å². The van der Waals surface area contributed by atoms with Crippen molar-refractivity contribution >= 4 is 11.8 Å². The molecule has 0 saturated carbocycles. The molecule has 0 spiro atoms. The molecule has 0 aromatic heterocycles. The Labute approximate surface area is 102 Å². The lowest BCUT2D eigenvalue weighted by molar-refractivity contribution is -0.146. The molecule has 17 heavy (non-hydrogen) atoms. The molecule has 0 atom stereocenters. The predicted octanol–water partition coefficient (Wildman–Crippen LogP) is -0.808. The lowest BCUT2D eigenvalue weighted by atomic mass is 10.2. The predicted molar refractivity (Wildman–Crippen MR) is 65.4 cm³/mol. The maximum absolute atomic E-state index is 11.8. The molecule has 0 aliphatic carbocycles. The third kappa shape index (κ3) is 6.91. The van der Waals surface area contributed by atoms with Crippen molar-refractivity contribution in [3.05, 3.63) is 0 Å². The van der Waals surface area contributed by atoms with Gasteiger partial charge in [-0.1, -0.05) is 13.8 Å². The number of carbonyl (C=O) groups excluding carboxylic acids is 2. The fourth-order valence-corrected chi connectivity index (χ4v) is 1.32. The van der Waals surface area contributed by atoms with E-state index in [1.807, 2.05) is 13.8 Å². The molecule has 0 aliphatic rings.